The average Bonchev–Trinajstić information content (AvgIpc) is 3.49. The zero-order valence-corrected chi connectivity index (χ0v) is 15.2. The van der Waals surface area contributed by atoms with Crippen LogP contribution in [-0.4, -0.2) is 60.9 Å². The van der Waals surface area contributed by atoms with Gasteiger partial charge in [0.1, 0.15) is 5.41 Å². The lowest BCUT2D eigenvalue weighted by atomic mass is 10.0. The van der Waals surface area contributed by atoms with Crippen LogP contribution in [0.2, 0.25) is 0 Å². The van der Waals surface area contributed by atoms with Crippen LogP contribution in [0.1, 0.15) is 18.4 Å². The molecule has 0 radical (unpaired) electrons. The first-order valence-corrected chi connectivity index (χ1v) is 9.28. The molecule has 1 aliphatic heterocycles. The Hall–Kier alpha value is -2.40. The zero-order chi connectivity index (χ0) is 18.4. The van der Waals surface area contributed by atoms with Crippen LogP contribution >= 0.6 is 0 Å². The van der Waals surface area contributed by atoms with Crippen LogP contribution in [-0.2, 0) is 9.59 Å². The van der Waals surface area contributed by atoms with Crippen molar-refractivity contribution in [2.75, 3.05) is 39.3 Å². The molecule has 3 rings (SSSR count). The lowest BCUT2D eigenvalue weighted by Crippen LogP contribution is -2.53. The smallest absolute Gasteiger partial charge is 0.238 e. The lowest BCUT2D eigenvalue weighted by molar-refractivity contribution is -0.145. The van der Waals surface area contributed by atoms with Gasteiger partial charge in [0.2, 0.25) is 11.8 Å². The van der Waals surface area contributed by atoms with Gasteiger partial charge in [0.15, 0.2) is 0 Å². The Morgan fingerprint density at radius 2 is 1.81 bits per heavy atom. The van der Waals surface area contributed by atoms with E-state index >= 15 is 0 Å². The molecule has 1 aliphatic carbocycles. The zero-order valence-electron chi connectivity index (χ0n) is 15.2. The Balaban J connectivity index is 1.46. The first-order valence-electron chi connectivity index (χ1n) is 9.28. The minimum absolute atomic E-state index is 0.00135. The van der Waals surface area contributed by atoms with Gasteiger partial charge in [-0.15, -0.1) is 6.58 Å². The third-order valence-electron chi connectivity index (χ3n) is 5.13. The Morgan fingerprint density at radius 3 is 2.42 bits per heavy atom. The van der Waals surface area contributed by atoms with Gasteiger partial charge >= 0.3 is 0 Å². The lowest BCUT2D eigenvalue weighted by Gasteiger charge is -2.35. The molecule has 5 heteroatoms. The first kappa shape index (κ1) is 18.4. The maximum atomic E-state index is 12.8. The summed E-state index contributed by atoms with van der Waals surface area (Å²) < 4.78 is 0. The van der Waals surface area contributed by atoms with Gasteiger partial charge in [0.25, 0.3) is 0 Å². The molecule has 0 spiro atoms. The van der Waals surface area contributed by atoms with Crippen LogP contribution in [0.15, 0.2) is 49.1 Å². The minimum Gasteiger partial charge on any atom is -0.352 e. The van der Waals surface area contributed by atoms with Gasteiger partial charge in [-0.25, -0.2) is 0 Å². The standard InChI is InChI=1S/C21H27N3O2/c1-2-12-22-19(25)21(10-11-21)20(26)24-16-14-23(15-17-24)13-6-9-18-7-4-3-5-8-18/h2-9H,1,10-17H2,(H,22,25)/b9-6+. The third kappa shape index (κ3) is 4.22. The highest BCUT2D eigenvalue weighted by Gasteiger charge is 2.57. The summed E-state index contributed by atoms with van der Waals surface area (Å²) in [5, 5.41) is 2.78. The van der Waals surface area contributed by atoms with Crippen molar-refractivity contribution in [2.45, 2.75) is 12.8 Å². The maximum Gasteiger partial charge on any atom is 0.238 e. The number of benzene rings is 1. The van der Waals surface area contributed by atoms with E-state index in [9.17, 15) is 9.59 Å². The van der Waals surface area contributed by atoms with Gasteiger partial charge in [0.05, 0.1) is 0 Å². The molecule has 1 saturated carbocycles. The number of carbonyl (C=O) groups excluding carboxylic acids is 2. The monoisotopic (exact) mass is 353 g/mol. The van der Waals surface area contributed by atoms with Crippen molar-refractivity contribution >= 4 is 17.9 Å². The Morgan fingerprint density at radius 1 is 1.12 bits per heavy atom. The van der Waals surface area contributed by atoms with Gasteiger partial charge in [0, 0.05) is 39.3 Å². The Bertz CT molecular complexity index is 672. The fourth-order valence-electron chi connectivity index (χ4n) is 3.34. The minimum atomic E-state index is -0.807. The molecule has 0 atom stereocenters. The summed E-state index contributed by atoms with van der Waals surface area (Å²) in [5.41, 5.74) is 0.390. The number of piperazine rings is 1. The predicted octanol–water partition coefficient (Wildman–Crippen LogP) is 1.93. The molecular weight excluding hydrogens is 326 g/mol. The second-order valence-electron chi connectivity index (χ2n) is 6.99. The summed E-state index contributed by atoms with van der Waals surface area (Å²) in [6.07, 6.45) is 7.25. The van der Waals surface area contributed by atoms with Crippen molar-refractivity contribution in [3.05, 3.63) is 54.6 Å². The quantitative estimate of drug-likeness (QED) is 0.602. The van der Waals surface area contributed by atoms with Gasteiger partial charge in [-0.2, -0.15) is 0 Å². The largest absolute Gasteiger partial charge is 0.352 e. The van der Waals surface area contributed by atoms with Crippen LogP contribution in [0.3, 0.4) is 0 Å². The summed E-state index contributed by atoms with van der Waals surface area (Å²) in [4.78, 5) is 29.3. The predicted molar refractivity (Wildman–Crippen MR) is 103 cm³/mol. The van der Waals surface area contributed by atoms with E-state index in [0.717, 1.165) is 19.6 Å². The van der Waals surface area contributed by atoms with Crippen molar-refractivity contribution < 1.29 is 9.59 Å². The molecule has 26 heavy (non-hydrogen) atoms. The molecule has 2 fully saturated rings. The molecule has 2 amide bonds. The van der Waals surface area contributed by atoms with E-state index in [1.54, 1.807) is 6.08 Å². The van der Waals surface area contributed by atoms with E-state index in [-0.39, 0.29) is 11.8 Å². The normalized spacial score (nSPS) is 19.3. The van der Waals surface area contributed by atoms with Crippen LogP contribution in [0.5, 0.6) is 0 Å². The molecular formula is C21H27N3O2. The number of hydrogen-bond donors (Lipinski definition) is 1. The van der Waals surface area contributed by atoms with E-state index in [4.69, 9.17) is 0 Å². The number of hydrogen-bond acceptors (Lipinski definition) is 3. The Kier molecular flexibility index (Phi) is 5.89. The molecule has 1 saturated heterocycles. The highest BCUT2D eigenvalue weighted by atomic mass is 16.2. The summed E-state index contributed by atoms with van der Waals surface area (Å²) in [6.45, 7) is 7.95. The molecule has 0 unspecified atom stereocenters. The maximum absolute atomic E-state index is 12.8. The first-order chi connectivity index (χ1) is 12.7. The van der Waals surface area contributed by atoms with Gasteiger partial charge in [-0.05, 0) is 18.4 Å². The van der Waals surface area contributed by atoms with Crippen molar-refractivity contribution in [3.8, 4) is 0 Å². The summed E-state index contributed by atoms with van der Waals surface area (Å²) >= 11 is 0. The van der Waals surface area contributed by atoms with Crippen molar-refractivity contribution in [2.24, 2.45) is 5.41 Å². The number of nitrogens with one attached hydrogen (secondary N) is 1. The number of amides is 2. The third-order valence-corrected chi connectivity index (χ3v) is 5.13. The van der Waals surface area contributed by atoms with Crippen molar-refractivity contribution in [1.82, 2.24) is 15.1 Å². The second kappa shape index (κ2) is 8.32. The van der Waals surface area contributed by atoms with E-state index in [1.807, 2.05) is 23.1 Å². The Labute approximate surface area is 155 Å². The molecule has 0 bridgehead atoms. The van der Waals surface area contributed by atoms with Crippen LogP contribution in [0, 0.1) is 5.41 Å². The summed E-state index contributed by atoms with van der Waals surface area (Å²) in [5.74, 6) is -0.144. The fourth-order valence-corrected chi connectivity index (χ4v) is 3.34. The molecule has 0 aromatic heterocycles. The number of nitrogens with zero attached hydrogens (tertiary/aromatic N) is 2. The van der Waals surface area contributed by atoms with E-state index in [1.165, 1.54) is 5.56 Å². The molecule has 1 heterocycles. The van der Waals surface area contributed by atoms with Gasteiger partial charge in [-0.1, -0.05) is 48.6 Å². The van der Waals surface area contributed by atoms with Crippen molar-refractivity contribution in [1.29, 1.82) is 0 Å². The van der Waals surface area contributed by atoms with E-state index < -0.39 is 5.41 Å². The number of rotatable bonds is 7. The SMILES string of the molecule is C=CCNC(=O)C1(C(=O)N2CCN(C/C=C/c3ccccc3)CC2)CC1. The number of carbonyl (C=O) groups is 2. The fraction of sp³-hybridized carbons (Fsp3) is 0.429. The molecule has 2 aliphatic rings. The van der Waals surface area contributed by atoms with E-state index in [2.05, 4.69) is 41.1 Å². The van der Waals surface area contributed by atoms with Crippen molar-refractivity contribution in [3.63, 3.8) is 0 Å². The summed E-state index contributed by atoms with van der Waals surface area (Å²) in [6, 6.07) is 10.2. The van der Waals surface area contributed by atoms with Gasteiger partial charge < -0.3 is 10.2 Å². The molecule has 1 aromatic rings. The summed E-state index contributed by atoms with van der Waals surface area (Å²) in [7, 11) is 0. The van der Waals surface area contributed by atoms with Gasteiger partial charge in [-0.3, -0.25) is 14.5 Å². The molecule has 1 aromatic carbocycles. The average molecular weight is 353 g/mol. The topological polar surface area (TPSA) is 52.7 Å². The van der Waals surface area contributed by atoms with Crippen LogP contribution in [0.25, 0.3) is 6.08 Å². The molecule has 1 N–H and O–H groups in total. The highest BCUT2D eigenvalue weighted by molar-refractivity contribution is 6.07. The molecule has 5 nitrogen and oxygen atoms in total. The van der Waals surface area contributed by atoms with Crippen LogP contribution < -0.4 is 5.32 Å². The van der Waals surface area contributed by atoms with E-state index in [0.29, 0.717) is 32.5 Å². The highest BCUT2D eigenvalue weighted by Crippen LogP contribution is 2.47. The van der Waals surface area contributed by atoms with Crippen LogP contribution in [0.4, 0.5) is 0 Å². The molecule has 138 valence electrons. The second-order valence-corrected chi connectivity index (χ2v) is 6.99.